The fourth-order valence-electron chi connectivity index (χ4n) is 3.61. The van der Waals surface area contributed by atoms with E-state index in [-0.39, 0.29) is 12.5 Å². The molecular weight excluding hydrogens is 414 g/mol. The SMILES string of the molecule is COc1ccc(N2Cc3c(NCCc4ccc(Cl)cc4)ncnc3N(C)CC2=O)cc1. The Hall–Kier alpha value is -3.32. The first-order valence-corrected chi connectivity index (χ1v) is 10.4. The number of amides is 1. The van der Waals surface area contributed by atoms with E-state index in [1.807, 2.05) is 60.5 Å². The third kappa shape index (κ3) is 4.72. The second-order valence-corrected chi connectivity index (χ2v) is 7.80. The number of carbonyl (C=O) groups is 1. The van der Waals surface area contributed by atoms with Crippen LogP contribution in [0.1, 0.15) is 11.1 Å². The molecule has 160 valence electrons. The highest BCUT2D eigenvalue weighted by Gasteiger charge is 2.28. The number of nitrogens with zero attached hydrogens (tertiary/aromatic N) is 4. The van der Waals surface area contributed by atoms with Crippen molar-refractivity contribution < 1.29 is 9.53 Å². The van der Waals surface area contributed by atoms with Gasteiger partial charge in [-0.1, -0.05) is 23.7 Å². The smallest absolute Gasteiger partial charge is 0.246 e. The van der Waals surface area contributed by atoms with Gasteiger partial charge >= 0.3 is 0 Å². The largest absolute Gasteiger partial charge is 0.497 e. The molecular formula is C23H24ClN5O2. The fourth-order valence-corrected chi connectivity index (χ4v) is 3.74. The molecule has 0 radical (unpaired) electrons. The minimum absolute atomic E-state index is 0.00205. The van der Waals surface area contributed by atoms with E-state index in [0.29, 0.717) is 13.1 Å². The summed E-state index contributed by atoms with van der Waals surface area (Å²) < 4.78 is 5.24. The summed E-state index contributed by atoms with van der Waals surface area (Å²) in [7, 11) is 3.50. The minimum Gasteiger partial charge on any atom is -0.497 e. The maximum Gasteiger partial charge on any atom is 0.246 e. The number of hydrogen-bond donors (Lipinski definition) is 1. The van der Waals surface area contributed by atoms with E-state index in [4.69, 9.17) is 16.3 Å². The van der Waals surface area contributed by atoms with Crippen LogP contribution in [0.2, 0.25) is 5.02 Å². The lowest BCUT2D eigenvalue weighted by Crippen LogP contribution is -2.35. The zero-order valence-electron chi connectivity index (χ0n) is 17.5. The van der Waals surface area contributed by atoms with Crippen molar-refractivity contribution in [2.24, 2.45) is 0 Å². The van der Waals surface area contributed by atoms with E-state index in [2.05, 4.69) is 15.3 Å². The van der Waals surface area contributed by atoms with Gasteiger partial charge in [0.1, 0.15) is 23.7 Å². The summed E-state index contributed by atoms with van der Waals surface area (Å²) in [5.74, 6) is 2.24. The number of rotatable bonds is 6. The number of nitrogens with one attached hydrogen (secondary N) is 1. The summed E-state index contributed by atoms with van der Waals surface area (Å²) in [6.07, 6.45) is 2.36. The maximum absolute atomic E-state index is 13.0. The number of fused-ring (bicyclic) bond motifs is 1. The van der Waals surface area contributed by atoms with Gasteiger partial charge in [-0.3, -0.25) is 4.79 Å². The molecule has 3 aromatic rings. The van der Waals surface area contributed by atoms with Crippen LogP contribution in [-0.2, 0) is 17.8 Å². The topological polar surface area (TPSA) is 70.6 Å². The Labute approximate surface area is 186 Å². The number of methoxy groups -OCH3 is 1. The van der Waals surface area contributed by atoms with Crippen molar-refractivity contribution in [3.05, 3.63) is 71.0 Å². The van der Waals surface area contributed by atoms with Crippen molar-refractivity contribution in [2.75, 3.05) is 42.4 Å². The van der Waals surface area contributed by atoms with Crippen molar-refractivity contribution in [1.29, 1.82) is 0 Å². The van der Waals surface area contributed by atoms with Gasteiger partial charge < -0.3 is 19.9 Å². The van der Waals surface area contributed by atoms with Gasteiger partial charge in [0, 0.05) is 24.3 Å². The minimum atomic E-state index is -0.00205. The quantitative estimate of drug-likeness (QED) is 0.633. The summed E-state index contributed by atoms with van der Waals surface area (Å²) >= 11 is 5.97. The van der Waals surface area contributed by atoms with Crippen molar-refractivity contribution >= 4 is 34.8 Å². The first-order valence-electron chi connectivity index (χ1n) is 10.0. The normalized spacial score (nSPS) is 13.6. The molecule has 0 saturated heterocycles. The van der Waals surface area contributed by atoms with Crippen LogP contribution < -0.4 is 19.9 Å². The molecule has 0 fully saturated rings. The molecule has 0 bridgehead atoms. The number of hydrogen-bond acceptors (Lipinski definition) is 6. The highest BCUT2D eigenvalue weighted by Crippen LogP contribution is 2.30. The highest BCUT2D eigenvalue weighted by molar-refractivity contribution is 6.30. The van der Waals surface area contributed by atoms with E-state index in [1.165, 1.54) is 11.9 Å². The van der Waals surface area contributed by atoms with Gasteiger partial charge in [0.2, 0.25) is 5.91 Å². The van der Waals surface area contributed by atoms with E-state index in [1.54, 1.807) is 12.0 Å². The Morgan fingerprint density at radius 2 is 1.81 bits per heavy atom. The predicted molar refractivity (Wildman–Crippen MR) is 123 cm³/mol. The van der Waals surface area contributed by atoms with Crippen LogP contribution in [0.5, 0.6) is 5.75 Å². The van der Waals surface area contributed by atoms with Gasteiger partial charge in [0.25, 0.3) is 0 Å². The zero-order chi connectivity index (χ0) is 21.8. The number of aromatic nitrogens is 2. The molecule has 2 aromatic carbocycles. The summed E-state index contributed by atoms with van der Waals surface area (Å²) in [5.41, 5.74) is 2.88. The van der Waals surface area contributed by atoms with Gasteiger partial charge in [-0.2, -0.15) is 0 Å². The van der Waals surface area contributed by atoms with E-state index in [9.17, 15) is 4.79 Å². The summed E-state index contributed by atoms with van der Waals surface area (Å²) in [6.45, 7) is 1.32. The maximum atomic E-state index is 13.0. The van der Waals surface area contributed by atoms with Crippen LogP contribution in [0.15, 0.2) is 54.9 Å². The zero-order valence-corrected chi connectivity index (χ0v) is 18.3. The van der Waals surface area contributed by atoms with Gasteiger partial charge in [-0.15, -0.1) is 0 Å². The molecule has 31 heavy (non-hydrogen) atoms. The molecule has 1 aliphatic rings. The molecule has 1 N–H and O–H groups in total. The lowest BCUT2D eigenvalue weighted by Gasteiger charge is -2.22. The molecule has 0 spiro atoms. The Bertz CT molecular complexity index is 1060. The van der Waals surface area contributed by atoms with Crippen LogP contribution in [0, 0.1) is 0 Å². The monoisotopic (exact) mass is 437 g/mol. The Balaban J connectivity index is 1.57. The van der Waals surface area contributed by atoms with Gasteiger partial charge in [0.05, 0.1) is 25.8 Å². The lowest BCUT2D eigenvalue weighted by molar-refractivity contribution is -0.117. The molecule has 0 saturated carbocycles. The summed E-state index contributed by atoms with van der Waals surface area (Å²) in [4.78, 5) is 25.5. The molecule has 2 heterocycles. The van der Waals surface area contributed by atoms with Gasteiger partial charge in [-0.25, -0.2) is 9.97 Å². The van der Waals surface area contributed by atoms with Crippen molar-refractivity contribution in [3.8, 4) is 5.75 Å². The van der Waals surface area contributed by atoms with Crippen LogP contribution in [0.4, 0.5) is 17.3 Å². The number of likely N-dealkylation sites (N-methyl/N-ethyl adjacent to an activating group) is 1. The Morgan fingerprint density at radius 1 is 1.06 bits per heavy atom. The second-order valence-electron chi connectivity index (χ2n) is 7.36. The van der Waals surface area contributed by atoms with E-state index in [0.717, 1.165) is 40.1 Å². The molecule has 4 rings (SSSR count). The fraction of sp³-hybridized carbons (Fsp3) is 0.261. The van der Waals surface area contributed by atoms with Crippen molar-refractivity contribution in [1.82, 2.24) is 9.97 Å². The standard InChI is InChI=1S/C23H24ClN5O2/c1-28-14-21(30)29(18-7-9-19(31-2)10-8-18)13-20-22(26-15-27-23(20)28)25-12-11-16-3-5-17(24)6-4-16/h3-10,15H,11-14H2,1-2H3,(H,25,26,27). The first-order chi connectivity index (χ1) is 15.0. The van der Waals surface area contributed by atoms with Crippen molar-refractivity contribution in [3.63, 3.8) is 0 Å². The van der Waals surface area contributed by atoms with Crippen LogP contribution in [0.25, 0.3) is 0 Å². The molecule has 0 aliphatic carbocycles. The third-order valence-corrected chi connectivity index (χ3v) is 5.53. The molecule has 1 aliphatic heterocycles. The number of carbonyl (C=O) groups excluding carboxylic acids is 1. The molecule has 8 heteroatoms. The Kier molecular flexibility index (Phi) is 6.23. The van der Waals surface area contributed by atoms with Crippen LogP contribution in [0.3, 0.4) is 0 Å². The van der Waals surface area contributed by atoms with Crippen LogP contribution >= 0.6 is 11.6 Å². The molecule has 1 amide bonds. The van der Waals surface area contributed by atoms with Gasteiger partial charge in [-0.05, 0) is 48.4 Å². The average Bonchev–Trinajstić information content (AvgIpc) is 2.91. The number of anilines is 3. The second kappa shape index (κ2) is 9.22. The van der Waals surface area contributed by atoms with Gasteiger partial charge in [0.15, 0.2) is 0 Å². The van der Waals surface area contributed by atoms with Crippen molar-refractivity contribution in [2.45, 2.75) is 13.0 Å². The average molecular weight is 438 g/mol. The van der Waals surface area contributed by atoms with Crippen LogP contribution in [-0.4, -0.2) is 43.1 Å². The molecule has 1 aromatic heterocycles. The summed E-state index contributed by atoms with van der Waals surface area (Å²) in [5, 5.41) is 4.15. The lowest BCUT2D eigenvalue weighted by atomic mass is 10.1. The molecule has 7 nitrogen and oxygen atoms in total. The van der Waals surface area contributed by atoms with E-state index < -0.39 is 0 Å². The van der Waals surface area contributed by atoms with E-state index >= 15 is 0 Å². The number of halogens is 1. The number of ether oxygens (including phenoxy) is 1. The predicted octanol–water partition coefficient (Wildman–Crippen LogP) is 3.78. The first kappa shape index (κ1) is 20.9. The molecule has 0 unspecified atom stereocenters. The number of benzene rings is 2. The third-order valence-electron chi connectivity index (χ3n) is 5.28. The molecule has 0 atom stereocenters. The Morgan fingerprint density at radius 3 is 2.52 bits per heavy atom. The highest BCUT2D eigenvalue weighted by atomic mass is 35.5. The summed E-state index contributed by atoms with van der Waals surface area (Å²) in [6, 6.07) is 15.3.